The fourth-order valence-corrected chi connectivity index (χ4v) is 5.16. The van der Waals surface area contributed by atoms with Crippen LogP contribution >= 0.6 is 0 Å². The van der Waals surface area contributed by atoms with Crippen LogP contribution in [0.3, 0.4) is 0 Å². The van der Waals surface area contributed by atoms with Crippen molar-refractivity contribution in [2.45, 2.75) is 87.3 Å². The van der Waals surface area contributed by atoms with Crippen LogP contribution in [0.4, 0.5) is 0 Å². The first kappa shape index (κ1) is 35.1. The van der Waals surface area contributed by atoms with Gasteiger partial charge in [0.05, 0.1) is 0 Å². The van der Waals surface area contributed by atoms with Gasteiger partial charge in [-0.15, -0.1) is 0 Å². The van der Waals surface area contributed by atoms with Crippen LogP contribution in [-0.4, -0.2) is 85.1 Å². The predicted molar refractivity (Wildman–Crippen MR) is 142 cm³/mol. The summed E-state index contributed by atoms with van der Waals surface area (Å²) >= 11 is 0. The molecule has 0 radical (unpaired) electrons. The molecular weight excluding hydrogens is 510 g/mol. The van der Waals surface area contributed by atoms with Crippen molar-refractivity contribution in [1.29, 1.82) is 0 Å². The molecule has 35 heavy (non-hydrogen) atoms. The van der Waals surface area contributed by atoms with Crippen LogP contribution in [0, 0.1) is 0 Å². The summed E-state index contributed by atoms with van der Waals surface area (Å²) < 4.78 is 72.1. The van der Waals surface area contributed by atoms with Crippen molar-refractivity contribution >= 4 is 79.4 Å². The van der Waals surface area contributed by atoms with Gasteiger partial charge in [-0.1, -0.05) is 82.9 Å². The molecule has 0 saturated carbocycles. The zero-order chi connectivity index (χ0) is 24.3. The van der Waals surface area contributed by atoms with Crippen LogP contribution in [0.25, 0.3) is 0 Å². The van der Waals surface area contributed by atoms with Gasteiger partial charge in [-0.2, -0.15) is 16.8 Å². The Morgan fingerprint density at radius 2 is 1.09 bits per heavy atom. The first-order valence-electron chi connectivity index (χ1n) is 11.5. The van der Waals surface area contributed by atoms with E-state index in [1.54, 1.807) is 6.07 Å². The average molecular weight is 547 g/mol. The number of rotatable bonds is 15. The minimum atomic E-state index is -4.54. The second-order valence-electron chi connectivity index (χ2n) is 8.16. The van der Waals surface area contributed by atoms with Gasteiger partial charge >= 0.3 is 59.1 Å². The molecule has 0 aliphatic heterocycles. The number of benzene rings is 2. The predicted octanol–water partition coefficient (Wildman–Crippen LogP) is 5.14. The molecule has 0 heterocycles. The Bertz CT molecular complexity index is 1100. The van der Waals surface area contributed by atoms with Gasteiger partial charge in [0.15, 0.2) is 0 Å². The van der Waals surface area contributed by atoms with Gasteiger partial charge in [0.2, 0.25) is 0 Å². The number of hydrogen-bond donors (Lipinski definition) is 2. The Labute approximate surface area is 254 Å². The molecule has 2 N–H and O–H groups in total. The van der Waals surface area contributed by atoms with E-state index in [0.29, 0.717) is 12.8 Å². The van der Waals surface area contributed by atoms with Crippen molar-refractivity contribution in [1.82, 2.24) is 0 Å². The van der Waals surface area contributed by atoms with Gasteiger partial charge < -0.3 is 4.74 Å². The van der Waals surface area contributed by atoms with E-state index in [-0.39, 0.29) is 81.1 Å². The van der Waals surface area contributed by atoms with Gasteiger partial charge in [0.25, 0.3) is 20.2 Å². The van der Waals surface area contributed by atoms with Crippen LogP contribution in [-0.2, 0) is 26.7 Å². The molecule has 2 rings (SSSR count). The van der Waals surface area contributed by atoms with E-state index in [2.05, 4.69) is 6.92 Å². The molecule has 0 unspecified atom stereocenters. The first-order valence-corrected chi connectivity index (χ1v) is 14.4. The van der Waals surface area contributed by atoms with E-state index < -0.39 is 25.1 Å². The van der Waals surface area contributed by atoms with Gasteiger partial charge in [0, 0.05) is 5.56 Å². The molecule has 0 aliphatic rings. The first-order chi connectivity index (χ1) is 15.6. The van der Waals surface area contributed by atoms with E-state index in [0.717, 1.165) is 19.3 Å². The van der Waals surface area contributed by atoms with Crippen molar-refractivity contribution in [2.75, 3.05) is 0 Å². The van der Waals surface area contributed by atoms with Crippen LogP contribution in [0.5, 0.6) is 11.5 Å². The summed E-state index contributed by atoms with van der Waals surface area (Å²) in [4.78, 5) is -0.688. The molecule has 0 aliphatic carbocycles. The normalized spacial score (nSPS) is 11.4. The SMILES string of the molecule is CCCCCCCCCCCCc1c(Oc2ccccc2S(=O)(=O)O)cccc1S(=O)(=O)O.[NaH].[NaH]. The van der Waals surface area contributed by atoms with Crippen molar-refractivity contribution in [3.63, 3.8) is 0 Å². The summed E-state index contributed by atoms with van der Waals surface area (Å²) in [5.74, 6) is -0.00559. The molecule has 0 aromatic heterocycles. The van der Waals surface area contributed by atoms with Crippen molar-refractivity contribution in [3.8, 4) is 11.5 Å². The molecule has 11 heteroatoms. The molecule has 2 aromatic rings. The van der Waals surface area contributed by atoms with E-state index in [9.17, 15) is 25.9 Å². The monoisotopic (exact) mass is 546 g/mol. The zero-order valence-electron chi connectivity index (χ0n) is 19.1. The standard InChI is InChI=1S/C24H34O7S2.2Na.2H/c1-2-3-4-5-6-7-8-9-10-11-15-20-21(17-14-19-23(20)32(25,26)27)31-22-16-12-13-18-24(22)33(28,29)30;;;;/h12-14,16-19H,2-11,15H2,1H3,(H,25,26,27)(H,28,29,30);;;;. The summed E-state index contributed by atoms with van der Waals surface area (Å²) in [5.41, 5.74) is 0.282. The molecule has 188 valence electrons. The Kier molecular flexibility index (Phi) is 17.6. The Hall–Kier alpha value is 0.0600. The molecular formula is C24H36Na2O7S2. The van der Waals surface area contributed by atoms with Gasteiger partial charge in [0.1, 0.15) is 21.3 Å². The second-order valence-corrected chi connectivity index (χ2v) is 10.9. The second kappa shape index (κ2) is 17.5. The third-order valence-electron chi connectivity index (χ3n) is 5.50. The third-order valence-corrected chi connectivity index (χ3v) is 7.33. The minimum absolute atomic E-state index is 0. The molecule has 0 spiro atoms. The molecule has 0 saturated heterocycles. The number of hydrogen-bond acceptors (Lipinski definition) is 5. The molecule has 0 fully saturated rings. The molecule has 0 amide bonds. The molecule has 7 nitrogen and oxygen atoms in total. The Morgan fingerprint density at radius 3 is 1.63 bits per heavy atom. The summed E-state index contributed by atoms with van der Waals surface area (Å²) in [7, 11) is -9.03. The zero-order valence-corrected chi connectivity index (χ0v) is 20.7. The summed E-state index contributed by atoms with van der Waals surface area (Å²) in [6.45, 7) is 2.20. The average Bonchev–Trinajstić information content (AvgIpc) is 2.74. The van der Waals surface area contributed by atoms with Crippen LogP contribution in [0.15, 0.2) is 52.3 Å². The topological polar surface area (TPSA) is 118 Å². The van der Waals surface area contributed by atoms with Crippen LogP contribution < -0.4 is 4.74 Å². The van der Waals surface area contributed by atoms with Crippen molar-refractivity contribution < 1.29 is 30.7 Å². The van der Waals surface area contributed by atoms with E-state index in [1.807, 2.05) is 0 Å². The molecule has 0 bridgehead atoms. The van der Waals surface area contributed by atoms with Gasteiger partial charge in [-0.25, -0.2) is 0 Å². The summed E-state index contributed by atoms with van der Waals surface area (Å²) in [5, 5.41) is 0. The maximum absolute atomic E-state index is 11.9. The summed E-state index contributed by atoms with van der Waals surface area (Å²) in [6.07, 6.45) is 11.6. The Balaban J connectivity index is 0.00000578. The van der Waals surface area contributed by atoms with Crippen LogP contribution in [0.2, 0.25) is 0 Å². The number of unbranched alkanes of at least 4 members (excludes halogenated alkanes) is 9. The van der Waals surface area contributed by atoms with Crippen molar-refractivity contribution in [3.05, 3.63) is 48.0 Å². The van der Waals surface area contributed by atoms with Gasteiger partial charge in [-0.05, 0) is 37.1 Å². The summed E-state index contributed by atoms with van der Waals surface area (Å²) in [6, 6.07) is 9.76. The van der Waals surface area contributed by atoms with E-state index in [1.165, 1.54) is 74.9 Å². The van der Waals surface area contributed by atoms with Crippen molar-refractivity contribution in [2.24, 2.45) is 0 Å². The van der Waals surface area contributed by atoms with E-state index in [4.69, 9.17) is 4.74 Å². The third kappa shape index (κ3) is 12.4. The van der Waals surface area contributed by atoms with Crippen LogP contribution in [0.1, 0.15) is 76.7 Å². The number of ether oxygens (including phenoxy) is 1. The fraction of sp³-hybridized carbons (Fsp3) is 0.500. The van der Waals surface area contributed by atoms with Gasteiger partial charge in [-0.3, -0.25) is 9.11 Å². The molecule has 2 aromatic carbocycles. The quantitative estimate of drug-likeness (QED) is 0.180. The Morgan fingerprint density at radius 1 is 0.629 bits per heavy atom. The molecule has 0 atom stereocenters. The fourth-order valence-electron chi connectivity index (χ4n) is 3.78. The number of para-hydroxylation sites is 1. The van der Waals surface area contributed by atoms with E-state index >= 15 is 0 Å². The maximum atomic E-state index is 11.9.